The molecule has 1 unspecified atom stereocenters. The molecule has 1 saturated heterocycles. The lowest BCUT2D eigenvalue weighted by Crippen LogP contribution is -2.43. The van der Waals surface area contributed by atoms with Gasteiger partial charge in [0.15, 0.2) is 0 Å². The molecule has 2 aromatic carbocycles. The summed E-state index contributed by atoms with van der Waals surface area (Å²) in [5.74, 6) is -0.607. The Bertz CT molecular complexity index is 804. The number of amides is 2. The molecule has 5 heteroatoms. The van der Waals surface area contributed by atoms with Gasteiger partial charge in [0, 0.05) is 26.1 Å². The Kier molecular flexibility index (Phi) is 4.34. The number of nitrogens with one attached hydrogen (secondary N) is 1. The van der Waals surface area contributed by atoms with E-state index in [-0.39, 0.29) is 17.9 Å². The van der Waals surface area contributed by atoms with E-state index < -0.39 is 0 Å². The summed E-state index contributed by atoms with van der Waals surface area (Å²) in [6, 6.07) is 15.8. The molecule has 1 fully saturated rings. The Morgan fingerprint density at radius 1 is 1.04 bits per heavy atom. The van der Waals surface area contributed by atoms with Gasteiger partial charge in [0.25, 0.3) is 11.8 Å². The van der Waals surface area contributed by atoms with Gasteiger partial charge in [-0.3, -0.25) is 19.8 Å². The van der Waals surface area contributed by atoms with Crippen molar-refractivity contribution in [3.8, 4) is 0 Å². The fourth-order valence-corrected chi connectivity index (χ4v) is 3.59. The van der Waals surface area contributed by atoms with Crippen molar-refractivity contribution in [3.05, 3.63) is 70.8 Å². The third-order valence-corrected chi connectivity index (χ3v) is 4.77. The number of benzene rings is 2. The van der Waals surface area contributed by atoms with Crippen LogP contribution in [0.1, 0.15) is 31.8 Å². The zero-order valence-corrected chi connectivity index (χ0v) is 13.9. The van der Waals surface area contributed by atoms with Crippen molar-refractivity contribution >= 4 is 11.8 Å². The predicted molar refractivity (Wildman–Crippen MR) is 93.4 cm³/mol. The standard InChI is InChI=1S/C20H20N2O3/c23-19-17-8-4-7-15(18(17)20(24)21-19)11-16-13-22(9-10-25-16)12-14-5-2-1-3-6-14/h1-8,16H,9-13H2,(H,21,23,24). The second kappa shape index (κ2) is 6.78. The minimum Gasteiger partial charge on any atom is -0.375 e. The van der Waals surface area contributed by atoms with Crippen molar-refractivity contribution in [1.29, 1.82) is 0 Å². The number of carbonyl (C=O) groups excluding carboxylic acids is 2. The van der Waals surface area contributed by atoms with Crippen molar-refractivity contribution in [2.75, 3.05) is 19.7 Å². The van der Waals surface area contributed by atoms with E-state index in [0.717, 1.165) is 25.2 Å². The van der Waals surface area contributed by atoms with Gasteiger partial charge in [0.1, 0.15) is 0 Å². The zero-order chi connectivity index (χ0) is 17.2. The molecule has 2 aromatic rings. The van der Waals surface area contributed by atoms with E-state index in [1.165, 1.54) is 5.56 Å². The van der Waals surface area contributed by atoms with E-state index in [0.29, 0.717) is 24.2 Å². The Labute approximate surface area is 146 Å². The Morgan fingerprint density at radius 2 is 1.88 bits per heavy atom. The number of carbonyl (C=O) groups is 2. The molecular weight excluding hydrogens is 316 g/mol. The number of imide groups is 1. The quantitative estimate of drug-likeness (QED) is 0.868. The molecule has 0 spiro atoms. The monoisotopic (exact) mass is 336 g/mol. The van der Waals surface area contributed by atoms with E-state index in [9.17, 15) is 9.59 Å². The summed E-state index contributed by atoms with van der Waals surface area (Å²) in [4.78, 5) is 26.2. The van der Waals surface area contributed by atoms with Gasteiger partial charge in [-0.15, -0.1) is 0 Å². The molecule has 1 atom stereocenters. The summed E-state index contributed by atoms with van der Waals surface area (Å²) >= 11 is 0. The number of nitrogens with zero attached hydrogens (tertiary/aromatic N) is 1. The maximum absolute atomic E-state index is 12.1. The first-order chi connectivity index (χ1) is 12.2. The molecule has 0 aromatic heterocycles. The van der Waals surface area contributed by atoms with E-state index in [1.807, 2.05) is 18.2 Å². The Balaban J connectivity index is 1.47. The van der Waals surface area contributed by atoms with E-state index in [2.05, 4.69) is 34.5 Å². The lowest BCUT2D eigenvalue weighted by Gasteiger charge is -2.33. The maximum Gasteiger partial charge on any atom is 0.259 e. The third-order valence-electron chi connectivity index (χ3n) is 4.77. The average Bonchev–Trinajstić information content (AvgIpc) is 2.91. The van der Waals surface area contributed by atoms with Crippen LogP contribution in [0.2, 0.25) is 0 Å². The topological polar surface area (TPSA) is 58.6 Å². The smallest absolute Gasteiger partial charge is 0.259 e. The SMILES string of the molecule is O=C1NC(=O)c2c(CC3CN(Cc4ccccc4)CCO3)cccc21. The number of hydrogen-bond donors (Lipinski definition) is 1. The van der Waals surface area contributed by atoms with Crippen molar-refractivity contribution in [3.63, 3.8) is 0 Å². The number of ether oxygens (including phenoxy) is 1. The highest BCUT2D eigenvalue weighted by atomic mass is 16.5. The van der Waals surface area contributed by atoms with Gasteiger partial charge in [0.2, 0.25) is 0 Å². The molecule has 1 N–H and O–H groups in total. The van der Waals surface area contributed by atoms with Crippen molar-refractivity contribution in [2.24, 2.45) is 0 Å². The zero-order valence-electron chi connectivity index (χ0n) is 13.9. The van der Waals surface area contributed by atoms with Gasteiger partial charge >= 0.3 is 0 Å². The van der Waals surface area contributed by atoms with Gasteiger partial charge in [-0.25, -0.2) is 0 Å². The van der Waals surface area contributed by atoms with Crippen LogP contribution in [0.3, 0.4) is 0 Å². The summed E-state index contributed by atoms with van der Waals surface area (Å²) in [6.45, 7) is 3.29. The van der Waals surface area contributed by atoms with Crippen LogP contribution in [0.4, 0.5) is 0 Å². The lowest BCUT2D eigenvalue weighted by molar-refractivity contribution is -0.0305. The molecule has 4 rings (SSSR count). The molecule has 0 radical (unpaired) electrons. The van der Waals surface area contributed by atoms with Gasteiger partial charge < -0.3 is 4.74 Å². The number of fused-ring (bicyclic) bond motifs is 1. The highest BCUT2D eigenvalue weighted by Gasteiger charge is 2.30. The molecule has 2 aliphatic rings. The Hall–Kier alpha value is -2.50. The summed E-state index contributed by atoms with van der Waals surface area (Å²) in [5, 5.41) is 2.37. The van der Waals surface area contributed by atoms with E-state index in [4.69, 9.17) is 4.74 Å². The van der Waals surface area contributed by atoms with Gasteiger partial charge in [-0.1, -0.05) is 42.5 Å². The van der Waals surface area contributed by atoms with Crippen LogP contribution in [0, 0.1) is 0 Å². The summed E-state index contributed by atoms with van der Waals surface area (Å²) < 4.78 is 5.91. The lowest BCUT2D eigenvalue weighted by atomic mass is 9.97. The fourth-order valence-electron chi connectivity index (χ4n) is 3.59. The third kappa shape index (κ3) is 3.34. The molecule has 25 heavy (non-hydrogen) atoms. The predicted octanol–water partition coefficient (Wildman–Crippen LogP) is 2.01. The maximum atomic E-state index is 12.1. The average molecular weight is 336 g/mol. The van der Waals surface area contributed by atoms with Crippen LogP contribution in [0.5, 0.6) is 0 Å². The van der Waals surface area contributed by atoms with Crippen LogP contribution in [0.15, 0.2) is 48.5 Å². The summed E-state index contributed by atoms with van der Waals surface area (Å²) in [6.07, 6.45) is 0.655. The minimum absolute atomic E-state index is 0.0208. The highest BCUT2D eigenvalue weighted by Crippen LogP contribution is 2.23. The van der Waals surface area contributed by atoms with Crippen LogP contribution < -0.4 is 5.32 Å². The first-order valence-electron chi connectivity index (χ1n) is 8.56. The van der Waals surface area contributed by atoms with Crippen LogP contribution in [-0.2, 0) is 17.7 Å². The molecule has 0 saturated carbocycles. The second-order valence-corrected chi connectivity index (χ2v) is 6.54. The fraction of sp³-hybridized carbons (Fsp3) is 0.300. The molecule has 0 bridgehead atoms. The van der Waals surface area contributed by atoms with Crippen molar-refractivity contribution in [2.45, 2.75) is 19.1 Å². The Morgan fingerprint density at radius 3 is 2.72 bits per heavy atom. The number of rotatable bonds is 4. The molecular formula is C20H20N2O3. The number of hydrogen-bond acceptors (Lipinski definition) is 4. The van der Waals surface area contributed by atoms with E-state index >= 15 is 0 Å². The van der Waals surface area contributed by atoms with Crippen molar-refractivity contribution < 1.29 is 14.3 Å². The largest absolute Gasteiger partial charge is 0.375 e. The van der Waals surface area contributed by atoms with Crippen LogP contribution in [0.25, 0.3) is 0 Å². The van der Waals surface area contributed by atoms with Crippen molar-refractivity contribution in [1.82, 2.24) is 10.2 Å². The van der Waals surface area contributed by atoms with Gasteiger partial charge in [-0.05, 0) is 17.2 Å². The number of morpholine rings is 1. The molecule has 5 nitrogen and oxygen atoms in total. The molecule has 0 aliphatic carbocycles. The summed E-state index contributed by atoms with van der Waals surface area (Å²) in [7, 11) is 0. The highest BCUT2D eigenvalue weighted by molar-refractivity contribution is 6.22. The van der Waals surface area contributed by atoms with Crippen LogP contribution in [-0.4, -0.2) is 42.5 Å². The van der Waals surface area contributed by atoms with Crippen LogP contribution >= 0.6 is 0 Å². The first kappa shape index (κ1) is 16.0. The second-order valence-electron chi connectivity index (χ2n) is 6.54. The molecule has 2 heterocycles. The summed E-state index contributed by atoms with van der Waals surface area (Å²) in [5.41, 5.74) is 3.15. The normalized spacial score (nSPS) is 20.4. The molecule has 128 valence electrons. The van der Waals surface area contributed by atoms with E-state index in [1.54, 1.807) is 6.07 Å². The molecule has 2 aliphatic heterocycles. The minimum atomic E-state index is -0.308. The van der Waals surface area contributed by atoms with Gasteiger partial charge in [-0.2, -0.15) is 0 Å². The first-order valence-corrected chi connectivity index (χ1v) is 8.56. The molecule has 2 amide bonds. The van der Waals surface area contributed by atoms with Gasteiger partial charge in [0.05, 0.1) is 23.8 Å².